The molecule has 1 N–H and O–H groups in total. The number of pyridine rings is 1. The first-order valence-electron chi connectivity index (χ1n) is 4.63. The lowest BCUT2D eigenvalue weighted by Crippen LogP contribution is -2.24. The number of hydrogen-bond acceptors (Lipinski definition) is 4. The van der Waals surface area contributed by atoms with Gasteiger partial charge in [0.25, 0.3) is 0 Å². The first kappa shape index (κ1) is 11.4. The fourth-order valence-electron chi connectivity index (χ4n) is 1.14. The second kappa shape index (κ2) is 5.93. The maximum absolute atomic E-state index is 11.7. The summed E-state index contributed by atoms with van der Waals surface area (Å²) in [6, 6.07) is 3.44. The van der Waals surface area contributed by atoms with Crippen LogP contribution in [0.3, 0.4) is 0 Å². The number of ether oxygens (including phenoxy) is 1. The summed E-state index contributed by atoms with van der Waals surface area (Å²) in [4.78, 5) is 15.6. The lowest BCUT2D eigenvalue weighted by atomic mass is 10.2. The summed E-state index contributed by atoms with van der Waals surface area (Å²) in [5.74, 6) is 0.414. The first-order valence-corrected chi connectivity index (χ1v) is 4.63. The van der Waals surface area contributed by atoms with Gasteiger partial charge in [-0.2, -0.15) is 0 Å². The monoisotopic (exact) mass is 206 g/mol. The van der Waals surface area contributed by atoms with Gasteiger partial charge in [0.05, 0.1) is 13.7 Å². The van der Waals surface area contributed by atoms with Crippen molar-refractivity contribution in [1.82, 2.24) is 10.3 Å². The summed E-state index contributed by atoms with van der Waals surface area (Å²) in [7, 11) is 1.52. The topological polar surface area (TPSA) is 51.2 Å². The zero-order valence-electron chi connectivity index (χ0n) is 8.69. The standard InChI is InChI=1S/C11H14N2O2/c1-3-6-12-8-9(14)11-10(15-2)5-4-7-13-11/h3-5,7,12H,1,6,8H2,2H3. The normalized spacial score (nSPS) is 9.67. The third-order valence-corrected chi connectivity index (χ3v) is 1.83. The van der Waals surface area contributed by atoms with E-state index in [1.54, 1.807) is 24.4 Å². The van der Waals surface area contributed by atoms with Crippen LogP contribution in [0.2, 0.25) is 0 Å². The highest BCUT2D eigenvalue weighted by Gasteiger charge is 2.11. The van der Waals surface area contributed by atoms with Gasteiger partial charge in [-0.3, -0.25) is 4.79 Å². The van der Waals surface area contributed by atoms with Crippen LogP contribution in [0, 0.1) is 0 Å². The molecule has 0 radical (unpaired) electrons. The van der Waals surface area contributed by atoms with Gasteiger partial charge >= 0.3 is 0 Å². The summed E-state index contributed by atoms with van der Waals surface area (Å²) >= 11 is 0. The van der Waals surface area contributed by atoms with Crippen LogP contribution in [0.5, 0.6) is 5.75 Å². The molecule has 0 amide bonds. The van der Waals surface area contributed by atoms with Crippen LogP contribution in [0.4, 0.5) is 0 Å². The first-order chi connectivity index (χ1) is 7.29. The van der Waals surface area contributed by atoms with Gasteiger partial charge in [-0.25, -0.2) is 4.98 Å². The van der Waals surface area contributed by atoms with Gasteiger partial charge in [0.15, 0.2) is 5.78 Å². The Labute approximate surface area is 89.0 Å². The van der Waals surface area contributed by atoms with Crippen molar-refractivity contribution < 1.29 is 9.53 Å². The minimum absolute atomic E-state index is 0.0886. The molecule has 4 nitrogen and oxygen atoms in total. The van der Waals surface area contributed by atoms with E-state index in [4.69, 9.17) is 4.74 Å². The van der Waals surface area contributed by atoms with Gasteiger partial charge in [0.2, 0.25) is 0 Å². The van der Waals surface area contributed by atoms with Gasteiger partial charge in [-0.1, -0.05) is 6.08 Å². The predicted molar refractivity (Wildman–Crippen MR) is 58.2 cm³/mol. The molecule has 0 unspecified atom stereocenters. The minimum Gasteiger partial charge on any atom is -0.494 e. The molecule has 15 heavy (non-hydrogen) atoms. The second-order valence-corrected chi connectivity index (χ2v) is 2.90. The Morgan fingerprint density at radius 3 is 3.20 bits per heavy atom. The van der Waals surface area contributed by atoms with Crippen LogP contribution < -0.4 is 10.1 Å². The Morgan fingerprint density at radius 2 is 2.53 bits per heavy atom. The number of hydrogen-bond donors (Lipinski definition) is 1. The largest absolute Gasteiger partial charge is 0.494 e. The molecule has 0 aliphatic rings. The van der Waals surface area contributed by atoms with E-state index in [-0.39, 0.29) is 12.3 Å². The van der Waals surface area contributed by atoms with Gasteiger partial charge in [-0.15, -0.1) is 6.58 Å². The lowest BCUT2D eigenvalue weighted by molar-refractivity contribution is 0.0984. The molecule has 0 atom stereocenters. The van der Waals surface area contributed by atoms with Crippen LogP contribution in [0.15, 0.2) is 31.0 Å². The van der Waals surface area contributed by atoms with Crippen molar-refractivity contribution in [3.63, 3.8) is 0 Å². The number of nitrogens with one attached hydrogen (secondary N) is 1. The molecule has 1 aromatic heterocycles. The molecule has 80 valence electrons. The van der Waals surface area contributed by atoms with Crippen molar-refractivity contribution in [3.05, 3.63) is 36.7 Å². The molecular formula is C11H14N2O2. The highest BCUT2D eigenvalue weighted by molar-refractivity contribution is 5.98. The van der Waals surface area contributed by atoms with Crippen molar-refractivity contribution >= 4 is 5.78 Å². The third-order valence-electron chi connectivity index (χ3n) is 1.83. The molecule has 0 saturated carbocycles. The van der Waals surface area contributed by atoms with E-state index >= 15 is 0 Å². The van der Waals surface area contributed by atoms with E-state index < -0.39 is 0 Å². The average Bonchev–Trinajstić information content (AvgIpc) is 2.29. The summed E-state index contributed by atoms with van der Waals surface area (Å²) in [6.07, 6.45) is 3.27. The second-order valence-electron chi connectivity index (χ2n) is 2.90. The Bertz CT molecular complexity index is 350. The molecule has 4 heteroatoms. The molecule has 0 bridgehead atoms. The van der Waals surface area contributed by atoms with Gasteiger partial charge < -0.3 is 10.1 Å². The van der Waals surface area contributed by atoms with Crippen molar-refractivity contribution in [2.45, 2.75) is 0 Å². The summed E-state index contributed by atoms with van der Waals surface area (Å²) in [6.45, 7) is 4.38. The van der Waals surface area contributed by atoms with Gasteiger partial charge in [0, 0.05) is 12.7 Å². The number of rotatable bonds is 6. The number of Topliss-reactive ketones (excluding diaryl/α,β-unsaturated/α-hetero) is 1. The smallest absolute Gasteiger partial charge is 0.198 e. The SMILES string of the molecule is C=CCNCC(=O)c1ncccc1OC. The predicted octanol–water partition coefficient (Wildman–Crippen LogP) is 1.05. The van der Waals surface area contributed by atoms with Crippen LogP contribution in [0.25, 0.3) is 0 Å². The Kier molecular flexibility index (Phi) is 4.50. The van der Waals surface area contributed by atoms with Gasteiger partial charge in [0.1, 0.15) is 11.4 Å². The quantitative estimate of drug-likeness (QED) is 0.429. The molecule has 1 aromatic rings. The number of methoxy groups -OCH3 is 1. The Balaban J connectivity index is 2.68. The zero-order valence-corrected chi connectivity index (χ0v) is 8.69. The molecule has 0 spiro atoms. The summed E-state index contributed by atoms with van der Waals surface area (Å²) in [5, 5.41) is 2.92. The van der Waals surface area contributed by atoms with E-state index in [0.717, 1.165) is 0 Å². The molecule has 0 fully saturated rings. The van der Waals surface area contributed by atoms with Gasteiger partial charge in [-0.05, 0) is 12.1 Å². The van der Waals surface area contributed by atoms with Crippen molar-refractivity contribution in [3.8, 4) is 5.75 Å². The van der Waals surface area contributed by atoms with Crippen LogP contribution >= 0.6 is 0 Å². The maximum Gasteiger partial charge on any atom is 0.198 e. The van der Waals surface area contributed by atoms with Crippen molar-refractivity contribution in [2.24, 2.45) is 0 Å². The van der Waals surface area contributed by atoms with Crippen LogP contribution in [-0.2, 0) is 0 Å². The Hall–Kier alpha value is -1.68. The van der Waals surface area contributed by atoms with Crippen molar-refractivity contribution in [2.75, 3.05) is 20.2 Å². The minimum atomic E-state index is -0.0886. The van der Waals surface area contributed by atoms with E-state index in [0.29, 0.717) is 18.0 Å². The molecule has 0 aromatic carbocycles. The van der Waals surface area contributed by atoms with E-state index in [2.05, 4.69) is 16.9 Å². The van der Waals surface area contributed by atoms with E-state index in [1.165, 1.54) is 7.11 Å². The number of ketones is 1. The average molecular weight is 206 g/mol. The van der Waals surface area contributed by atoms with E-state index in [9.17, 15) is 4.79 Å². The highest BCUT2D eigenvalue weighted by atomic mass is 16.5. The van der Waals surface area contributed by atoms with Crippen LogP contribution in [-0.4, -0.2) is 31.0 Å². The van der Waals surface area contributed by atoms with Crippen LogP contribution in [0.1, 0.15) is 10.5 Å². The zero-order chi connectivity index (χ0) is 11.1. The number of aromatic nitrogens is 1. The maximum atomic E-state index is 11.7. The van der Waals surface area contributed by atoms with Crippen molar-refractivity contribution in [1.29, 1.82) is 0 Å². The third kappa shape index (κ3) is 3.18. The van der Waals surface area contributed by atoms with E-state index in [1.807, 2.05) is 0 Å². The Morgan fingerprint density at radius 1 is 1.73 bits per heavy atom. The molecule has 1 rings (SSSR count). The number of carbonyl (C=O) groups is 1. The molecule has 0 aliphatic heterocycles. The highest BCUT2D eigenvalue weighted by Crippen LogP contribution is 2.14. The summed E-state index contributed by atoms with van der Waals surface area (Å²) in [5.41, 5.74) is 0.358. The lowest BCUT2D eigenvalue weighted by Gasteiger charge is -2.05. The molecule has 0 aliphatic carbocycles. The summed E-state index contributed by atoms with van der Waals surface area (Å²) < 4.78 is 5.04. The molecule has 1 heterocycles. The number of nitrogens with zero attached hydrogens (tertiary/aromatic N) is 1. The molecule has 0 saturated heterocycles. The molecular weight excluding hydrogens is 192 g/mol. The fraction of sp³-hybridized carbons (Fsp3) is 0.273. The fourth-order valence-corrected chi connectivity index (χ4v) is 1.14. The number of carbonyl (C=O) groups excluding carboxylic acids is 1.